The maximum Gasteiger partial charge on any atom is 0.254 e. The van der Waals surface area contributed by atoms with Crippen LogP contribution in [-0.2, 0) is 4.74 Å². The standard InChI is InChI=1S/C31H36N6O3/c1-21-17-25(18-22(2)29(21)36-9-7-35(8-10-36)11-14-38)27-20-33-30-28(34-27)26(19-32-30)23-3-5-24(6-4-23)31(39)37-12-15-40-16-13-37/h3-6,17-20,38H,7-16H2,1-2H3,(H,32,33). The van der Waals surface area contributed by atoms with Gasteiger partial charge in [-0.2, -0.15) is 0 Å². The minimum absolute atomic E-state index is 0.0390. The number of hydrogen-bond donors (Lipinski definition) is 2. The molecule has 0 unspecified atom stereocenters. The smallest absolute Gasteiger partial charge is 0.254 e. The number of rotatable bonds is 6. The van der Waals surface area contributed by atoms with E-state index in [0.717, 1.165) is 66.3 Å². The lowest BCUT2D eigenvalue weighted by atomic mass is 10.0. The molecule has 6 rings (SSSR count). The van der Waals surface area contributed by atoms with Crippen LogP contribution in [0, 0.1) is 13.8 Å². The van der Waals surface area contributed by atoms with Crippen LogP contribution >= 0.6 is 0 Å². The highest BCUT2D eigenvalue weighted by Gasteiger charge is 2.21. The minimum Gasteiger partial charge on any atom is -0.395 e. The average Bonchev–Trinajstić information content (AvgIpc) is 3.41. The largest absolute Gasteiger partial charge is 0.395 e. The molecule has 0 saturated carbocycles. The molecule has 2 saturated heterocycles. The van der Waals surface area contributed by atoms with E-state index in [4.69, 9.17) is 9.72 Å². The summed E-state index contributed by atoms with van der Waals surface area (Å²) in [6.07, 6.45) is 3.76. The summed E-state index contributed by atoms with van der Waals surface area (Å²) < 4.78 is 5.37. The van der Waals surface area contributed by atoms with Gasteiger partial charge in [0, 0.05) is 74.4 Å². The van der Waals surface area contributed by atoms with Crippen LogP contribution in [0.15, 0.2) is 48.8 Å². The minimum atomic E-state index is 0.0390. The fourth-order valence-corrected chi connectivity index (χ4v) is 5.93. The Bertz CT molecular complexity index is 1480. The van der Waals surface area contributed by atoms with Gasteiger partial charge in [-0.15, -0.1) is 0 Å². The van der Waals surface area contributed by atoms with E-state index in [0.29, 0.717) is 31.9 Å². The third-order valence-electron chi connectivity index (χ3n) is 8.01. The summed E-state index contributed by atoms with van der Waals surface area (Å²) in [4.78, 5) is 32.4. The SMILES string of the molecule is Cc1cc(-c2cnc3[nH]cc(-c4ccc(C(=O)N5CCOCC5)cc4)c3n2)cc(C)c1N1CCN(CCO)CC1. The summed E-state index contributed by atoms with van der Waals surface area (Å²) in [7, 11) is 0. The van der Waals surface area contributed by atoms with E-state index in [1.54, 1.807) is 0 Å². The molecule has 0 bridgehead atoms. The topological polar surface area (TPSA) is 97.8 Å². The molecule has 0 atom stereocenters. The molecule has 9 nitrogen and oxygen atoms in total. The maximum atomic E-state index is 12.9. The number of amides is 1. The van der Waals surface area contributed by atoms with Gasteiger partial charge in [-0.05, 0) is 54.8 Å². The van der Waals surface area contributed by atoms with Crippen LogP contribution in [0.5, 0.6) is 0 Å². The zero-order chi connectivity index (χ0) is 27.6. The van der Waals surface area contributed by atoms with Gasteiger partial charge in [-0.3, -0.25) is 9.69 Å². The second-order valence-electron chi connectivity index (χ2n) is 10.6. The first-order chi connectivity index (χ1) is 19.5. The second-order valence-corrected chi connectivity index (χ2v) is 10.6. The number of aliphatic hydroxyl groups excluding tert-OH is 1. The zero-order valence-corrected chi connectivity index (χ0v) is 23.2. The Morgan fingerprint density at radius 2 is 1.68 bits per heavy atom. The molecule has 2 aromatic heterocycles. The van der Waals surface area contributed by atoms with Gasteiger partial charge >= 0.3 is 0 Å². The number of β-amino-alcohol motifs (C(OH)–C–C–N with tert-alkyl or cyclic N) is 1. The van der Waals surface area contributed by atoms with Crippen molar-refractivity contribution in [2.45, 2.75) is 13.8 Å². The number of benzene rings is 2. The van der Waals surface area contributed by atoms with E-state index in [-0.39, 0.29) is 12.5 Å². The van der Waals surface area contributed by atoms with Crippen LogP contribution in [-0.4, -0.2) is 101 Å². The van der Waals surface area contributed by atoms with E-state index in [1.807, 2.05) is 41.6 Å². The Hall–Kier alpha value is -3.79. The lowest BCUT2D eigenvalue weighted by molar-refractivity contribution is 0.0303. The van der Waals surface area contributed by atoms with Crippen molar-refractivity contribution in [2.24, 2.45) is 0 Å². The van der Waals surface area contributed by atoms with E-state index < -0.39 is 0 Å². The summed E-state index contributed by atoms with van der Waals surface area (Å²) in [6.45, 7) is 11.5. The average molecular weight is 541 g/mol. The first-order valence-electron chi connectivity index (χ1n) is 14.0. The predicted molar refractivity (Wildman–Crippen MR) is 157 cm³/mol. The molecule has 2 aliphatic heterocycles. The number of aryl methyl sites for hydroxylation is 2. The van der Waals surface area contributed by atoms with Gasteiger partial charge in [0.25, 0.3) is 5.91 Å². The Morgan fingerprint density at radius 1 is 0.975 bits per heavy atom. The number of aromatic amines is 1. The number of nitrogens with one attached hydrogen (secondary N) is 1. The molecule has 208 valence electrons. The highest BCUT2D eigenvalue weighted by molar-refractivity contribution is 5.96. The first-order valence-corrected chi connectivity index (χ1v) is 14.0. The number of carbonyl (C=O) groups excluding carboxylic acids is 1. The summed E-state index contributed by atoms with van der Waals surface area (Å²) in [5.74, 6) is 0.0390. The van der Waals surface area contributed by atoms with Crippen LogP contribution in [0.25, 0.3) is 33.5 Å². The van der Waals surface area contributed by atoms with Crippen molar-refractivity contribution in [2.75, 3.05) is 70.5 Å². The summed E-state index contributed by atoms with van der Waals surface area (Å²) in [5, 5.41) is 9.25. The number of H-pyrrole nitrogens is 1. The third kappa shape index (κ3) is 5.20. The summed E-state index contributed by atoms with van der Waals surface area (Å²) in [6, 6.07) is 12.1. The molecule has 40 heavy (non-hydrogen) atoms. The van der Waals surface area contributed by atoms with Gasteiger partial charge in [0.2, 0.25) is 0 Å². The van der Waals surface area contributed by atoms with Crippen LogP contribution in [0.4, 0.5) is 5.69 Å². The highest BCUT2D eigenvalue weighted by atomic mass is 16.5. The number of aromatic nitrogens is 3. The quantitative estimate of drug-likeness (QED) is 0.386. The van der Waals surface area contributed by atoms with Crippen LogP contribution in [0.2, 0.25) is 0 Å². The first kappa shape index (κ1) is 26.4. The summed E-state index contributed by atoms with van der Waals surface area (Å²) in [5.41, 5.74) is 9.78. The number of morpholine rings is 1. The van der Waals surface area contributed by atoms with Gasteiger partial charge < -0.3 is 24.6 Å². The van der Waals surface area contributed by atoms with Crippen molar-refractivity contribution >= 4 is 22.8 Å². The monoisotopic (exact) mass is 540 g/mol. The van der Waals surface area contributed by atoms with Crippen molar-refractivity contribution in [1.29, 1.82) is 0 Å². The molecule has 1 amide bonds. The number of hydrogen-bond acceptors (Lipinski definition) is 7. The van der Waals surface area contributed by atoms with E-state index >= 15 is 0 Å². The zero-order valence-electron chi connectivity index (χ0n) is 23.2. The molecule has 0 radical (unpaired) electrons. The van der Waals surface area contributed by atoms with Crippen molar-refractivity contribution in [3.05, 3.63) is 65.5 Å². The number of ether oxygens (including phenoxy) is 1. The van der Waals surface area contributed by atoms with Crippen LogP contribution in [0.3, 0.4) is 0 Å². The molecule has 2 N–H and O–H groups in total. The van der Waals surface area contributed by atoms with Crippen molar-refractivity contribution < 1.29 is 14.6 Å². The fraction of sp³-hybridized carbons (Fsp3) is 0.387. The van der Waals surface area contributed by atoms with Gasteiger partial charge in [0.15, 0.2) is 5.65 Å². The highest BCUT2D eigenvalue weighted by Crippen LogP contribution is 2.33. The molecular formula is C31H36N6O3. The molecule has 0 aliphatic carbocycles. The third-order valence-corrected chi connectivity index (χ3v) is 8.01. The Kier molecular flexibility index (Phi) is 7.51. The molecule has 2 aliphatic rings. The number of fused-ring (bicyclic) bond motifs is 1. The van der Waals surface area contributed by atoms with Gasteiger partial charge in [0.1, 0.15) is 5.52 Å². The normalized spacial score (nSPS) is 16.6. The molecule has 4 aromatic rings. The number of piperazine rings is 1. The number of aliphatic hydroxyl groups is 1. The van der Waals surface area contributed by atoms with Crippen LogP contribution < -0.4 is 4.90 Å². The number of carbonyl (C=O) groups is 1. The maximum absolute atomic E-state index is 12.9. The molecular weight excluding hydrogens is 504 g/mol. The Balaban J connectivity index is 1.25. The summed E-state index contributed by atoms with van der Waals surface area (Å²) >= 11 is 0. The van der Waals surface area contributed by atoms with E-state index in [1.165, 1.54) is 16.8 Å². The fourth-order valence-electron chi connectivity index (χ4n) is 5.93. The van der Waals surface area contributed by atoms with Gasteiger partial charge in [0.05, 0.1) is 31.7 Å². The number of anilines is 1. The van der Waals surface area contributed by atoms with E-state index in [2.05, 4.69) is 45.7 Å². The van der Waals surface area contributed by atoms with Gasteiger partial charge in [-0.25, -0.2) is 9.97 Å². The van der Waals surface area contributed by atoms with E-state index in [9.17, 15) is 9.90 Å². The number of nitrogens with zero attached hydrogens (tertiary/aromatic N) is 5. The van der Waals surface area contributed by atoms with Crippen molar-refractivity contribution in [3.8, 4) is 22.4 Å². The lowest BCUT2D eigenvalue weighted by Gasteiger charge is -2.37. The van der Waals surface area contributed by atoms with Gasteiger partial charge in [-0.1, -0.05) is 12.1 Å². The van der Waals surface area contributed by atoms with Crippen LogP contribution in [0.1, 0.15) is 21.5 Å². The molecule has 4 heterocycles. The molecule has 2 fully saturated rings. The molecule has 0 spiro atoms. The van der Waals surface area contributed by atoms with Crippen molar-refractivity contribution in [1.82, 2.24) is 24.8 Å². The molecule has 9 heteroatoms. The predicted octanol–water partition coefficient (Wildman–Crippen LogP) is 3.50. The Labute approximate surface area is 234 Å². The van der Waals surface area contributed by atoms with Crippen molar-refractivity contribution in [3.63, 3.8) is 0 Å². The Morgan fingerprint density at radius 3 is 2.35 bits per heavy atom. The lowest BCUT2D eigenvalue weighted by Crippen LogP contribution is -2.47. The second kappa shape index (κ2) is 11.4. The molecule has 2 aromatic carbocycles.